The zero-order valence-corrected chi connectivity index (χ0v) is 15.7. The van der Waals surface area contributed by atoms with Gasteiger partial charge in [-0.05, 0) is 78.8 Å². The van der Waals surface area contributed by atoms with Crippen molar-refractivity contribution in [3.05, 3.63) is 0 Å². The molecule has 7 unspecified atom stereocenters. The summed E-state index contributed by atoms with van der Waals surface area (Å²) in [5, 5.41) is 1.02. The number of fused-ring (bicyclic) bond motifs is 5. The molecule has 0 aromatic rings. The standard InChI is InChI=1S/C20H36S/c1-6-7-8-21-18-10-14-9-17(18)20-16(14)11-15(12(2)3)19(20)13(4)5/h12-20H,6-11H2,1-5H3. The van der Waals surface area contributed by atoms with Gasteiger partial charge in [-0.2, -0.15) is 11.8 Å². The SMILES string of the molecule is CCCCSC1CC2CC1C1C2CC(C(C)C)C1C(C)C. The van der Waals surface area contributed by atoms with Crippen LogP contribution in [0.4, 0.5) is 0 Å². The van der Waals surface area contributed by atoms with Gasteiger partial charge in [-0.15, -0.1) is 0 Å². The minimum atomic E-state index is 0.896. The average Bonchev–Trinajstić information content (AvgIpc) is 3.07. The molecule has 0 spiro atoms. The molecule has 3 aliphatic rings. The van der Waals surface area contributed by atoms with E-state index in [4.69, 9.17) is 0 Å². The van der Waals surface area contributed by atoms with E-state index in [-0.39, 0.29) is 0 Å². The Labute approximate surface area is 137 Å². The molecule has 0 saturated heterocycles. The van der Waals surface area contributed by atoms with Crippen molar-refractivity contribution < 1.29 is 0 Å². The summed E-state index contributed by atoms with van der Waals surface area (Å²) < 4.78 is 0. The second-order valence-electron chi connectivity index (χ2n) is 8.86. The van der Waals surface area contributed by atoms with Gasteiger partial charge >= 0.3 is 0 Å². The maximum absolute atomic E-state index is 2.51. The van der Waals surface area contributed by atoms with Gasteiger partial charge in [0.15, 0.2) is 0 Å². The quantitative estimate of drug-likeness (QED) is 0.533. The Morgan fingerprint density at radius 3 is 2.33 bits per heavy atom. The number of thioether (sulfide) groups is 1. The van der Waals surface area contributed by atoms with Crippen molar-refractivity contribution in [1.29, 1.82) is 0 Å². The van der Waals surface area contributed by atoms with E-state index >= 15 is 0 Å². The van der Waals surface area contributed by atoms with E-state index in [2.05, 4.69) is 46.4 Å². The number of hydrogen-bond acceptors (Lipinski definition) is 1. The van der Waals surface area contributed by atoms with Gasteiger partial charge in [-0.1, -0.05) is 41.0 Å². The lowest BCUT2D eigenvalue weighted by Crippen LogP contribution is -2.33. The van der Waals surface area contributed by atoms with Gasteiger partial charge in [-0.25, -0.2) is 0 Å². The highest BCUT2D eigenvalue weighted by Gasteiger charge is 2.60. The van der Waals surface area contributed by atoms with Crippen LogP contribution in [-0.2, 0) is 0 Å². The summed E-state index contributed by atoms with van der Waals surface area (Å²) in [5.74, 6) is 9.64. The second-order valence-corrected chi connectivity index (χ2v) is 10.2. The number of rotatable bonds is 6. The molecule has 3 aliphatic carbocycles. The third-order valence-electron chi connectivity index (χ3n) is 7.12. The van der Waals surface area contributed by atoms with Crippen LogP contribution in [0, 0.1) is 47.3 Å². The maximum atomic E-state index is 2.51. The van der Waals surface area contributed by atoms with Gasteiger partial charge in [0.05, 0.1) is 0 Å². The minimum Gasteiger partial charge on any atom is -0.158 e. The van der Waals surface area contributed by atoms with Gasteiger partial charge in [0.1, 0.15) is 0 Å². The summed E-state index contributed by atoms with van der Waals surface area (Å²) in [6.45, 7) is 12.3. The molecule has 3 saturated carbocycles. The fraction of sp³-hybridized carbons (Fsp3) is 1.00. The Kier molecular flexibility index (Phi) is 4.99. The van der Waals surface area contributed by atoms with Crippen LogP contribution < -0.4 is 0 Å². The molecule has 0 N–H and O–H groups in total. The first-order chi connectivity index (χ1) is 10.0. The van der Waals surface area contributed by atoms with Crippen LogP contribution in [-0.4, -0.2) is 11.0 Å². The van der Waals surface area contributed by atoms with Gasteiger partial charge in [0, 0.05) is 5.25 Å². The van der Waals surface area contributed by atoms with Crippen LogP contribution >= 0.6 is 11.8 Å². The van der Waals surface area contributed by atoms with Crippen molar-refractivity contribution in [2.75, 3.05) is 5.75 Å². The molecule has 1 heteroatoms. The van der Waals surface area contributed by atoms with Gasteiger partial charge in [0.25, 0.3) is 0 Å². The van der Waals surface area contributed by atoms with Crippen LogP contribution in [0.5, 0.6) is 0 Å². The number of unbranched alkanes of at least 4 members (excludes halogenated alkanes) is 1. The first-order valence-electron chi connectivity index (χ1n) is 9.66. The molecule has 0 aliphatic heterocycles. The largest absolute Gasteiger partial charge is 0.158 e. The zero-order valence-electron chi connectivity index (χ0n) is 14.8. The fourth-order valence-corrected chi connectivity index (χ4v) is 8.04. The molecule has 0 amide bonds. The predicted molar refractivity (Wildman–Crippen MR) is 95.6 cm³/mol. The smallest absolute Gasteiger partial charge is 0.00810 e. The van der Waals surface area contributed by atoms with Crippen molar-refractivity contribution >= 4 is 11.8 Å². The van der Waals surface area contributed by atoms with E-state index in [1.165, 1.54) is 18.6 Å². The van der Waals surface area contributed by atoms with Gasteiger partial charge in [0.2, 0.25) is 0 Å². The lowest BCUT2D eigenvalue weighted by molar-refractivity contribution is 0.144. The molecule has 122 valence electrons. The van der Waals surface area contributed by atoms with E-state index in [0.717, 1.165) is 52.6 Å². The van der Waals surface area contributed by atoms with Crippen molar-refractivity contribution in [2.45, 2.75) is 72.0 Å². The van der Waals surface area contributed by atoms with Crippen LogP contribution in [0.1, 0.15) is 66.7 Å². The van der Waals surface area contributed by atoms with E-state index in [0.29, 0.717) is 0 Å². The first kappa shape index (κ1) is 16.2. The van der Waals surface area contributed by atoms with E-state index in [1.807, 2.05) is 0 Å². The van der Waals surface area contributed by atoms with Gasteiger partial charge in [-0.3, -0.25) is 0 Å². The molecule has 3 rings (SSSR count). The Bertz CT molecular complexity index is 348. The fourth-order valence-electron chi connectivity index (χ4n) is 6.36. The van der Waals surface area contributed by atoms with Crippen molar-refractivity contribution in [3.63, 3.8) is 0 Å². The molecule has 3 fully saturated rings. The molecule has 0 nitrogen and oxygen atoms in total. The van der Waals surface area contributed by atoms with Crippen LogP contribution in [0.15, 0.2) is 0 Å². The third kappa shape index (κ3) is 2.81. The highest BCUT2D eigenvalue weighted by atomic mass is 32.2. The molecular weight excluding hydrogens is 272 g/mol. The second kappa shape index (κ2) is 6.46. The van der Waals surface area contributed by atoms with Crippen molar-refractivity contribution in [2.24, 2.45) is 47.3 Å². The molecule has 21 heavy (non-hydrogen) atoms. The average molecular weight is 309 g/mol. The molecule has 0 radical (unpaired) electrons. The lowest BCUT2D eigenvalue weighted by Gasteiger charge is -2.37. The van der Waals surface area contributed by atoms with Gasteiger partial charge < -0.3 is 0 Å². The third-order valence-corrected chi connectivity index (χ3v) is 8.62. The lowest BCUT2D eigenvalue weighted by atomic mass is 9.71. The maximum Gasteiger partial charge on any atom is 0.00810 e. The highest BCUT2D eigenvalue weighted by molar-refractivity contribution is 7.99. The molecule has 0 aromatic heterocycles. The molecule has 2 bridgehead atoms. The first-order valence-corrected chi connectivity index (χ1v) is 10.7. The topological polar surface area (TPSA) is 0 Å². The Morgan fingerprint density at radius 2 is 1.71 bits per heavy atom. The summed E-state index contributed by atoms with van der Waals surface area (Å²) in [5.41, 5.74) is 0. The monoisotopic (exact) mass is 308 g/mol. The summed E-state index contributed by atoms with van der Waals surface area (Å²) >= 11 is 2.34. The summed E-state index contributed by atoms with van der Waals surface area (Å²) in [4.78, 5) is 0. The zero-order chi connectivity index (χ0) is 15.1. The Morgan fingerprint density at radius 1 is 0.952 bits per heavy atom. The summed E-state index contributed by atoms with van der Waals surface area (Å²) in [6, 6.07) is 0. The predicted octanol–water partition coefficient (Wildman–Crippen LogP) is 6.11. The van der Waals surface area contributed by atoms with Crippen molar-refractivity contribution in [3.8, 4) is 0 Å². The van der Waals surface area contributed by atoms with E-state index in [1.54, 1.807) is 19.3 Å². The van der Waals surface area contributed by atoms with Crippen LogP contribution in [0.25, 0.3) is 0 Å². The molecular formula is C20H36S. The molecule has 0 heterocycles. The van der Waals surface area contributed by atoms with E-state index < -0.39 is 0 Å². The Hall–Kier alpha value is 0.350. The summed E-state index contributed by atoms with van der Waals surface area (Å²) in [7, 11) is 0. The van der Waals surface area contributed by atoms with E-state index in [9.17, 15) is 0 Å². The van der Waals surface area contributed by atoms with Crippen LogP contribution in [0.2, 0.25) is 0 Å². The normalized spacial score (nSPS) is 45.0. The summed E-state index contributed by atoms with van der Waals surface area (Å²) in [6.07, 6.45) is 7.51. The molecule has 0 aromatic carbocycles. The van der Waals surface area contributed by atoms with Crippen LogP contribution in [0.3, 0.4) is 0 Å². The number of hydrogen-bond donors (Lipinski definition) is 0. The molecule has 7 atom stereocenters. The highest BCUT2D eigenvalue weighted by Crippen LogP contribution is 2.66. The van der Waals surface area contributed by atoms with Crippen molar-refractivity contribution in [1.82, 2.24) is 0 Å². The minimum absolute atomic E-state index is 0.896. The Balaban J connectivity index is 1.71.